The fraction of sp³-hybridized carbons (Fsp3) is 0.368. The number of ether oxygens (including phenoxy) is 1. The van der Waals surface area contributed by atoms with Crippen LogP contribution in [0.5, 0.6) is 5.75 Å². The van der Waals surface area contributed by atoms with Gasteiger partial charge in [-0.05, 0) is 42.5 Å². The molecule has 0 radical (unpaired) electrons. The minimum atomic E-state index is -1.04. The van der Waals surface area contributed by atoms with Crippen molar-refractivity contribution in [1.82, 2.24) is 15.5 Å². The number of aromatic amines is 1. The van der Waals surface area contributed by atoms with Crippen LogP contribution < -0.4 is 15.6 Å². The average molecular weight is 373 g/mol. The highest BCUT2D eigenvalue weighted by atomic mass is 16.5. The zero-order valence-corrected chi connectivity index (χ0v) is 15.4. The SMILES string of the molecule is CCc1n[nH]c(=O)c(C(=O)NCCc2ccc(OCC(=O)O)cc2)c1CC. The molecule has 0 saturated heterocycles. The first-order valence-corrected chi connectivity index (χ1v) is 8.78. The molecule has 0 bridgehead atoms. The van der Waals surface area contributed by atoms with Crippen LogP contribution >= 0.6 is 0 Å². The Labute approximate surface area is 156 Å². The van der Waals surface area contributed by atoms with Gasteiger partial charge in [0.15, 0.2) is 6.61 Å². The topological polar surface area (TPSA) is 121 Å². The van der Waals surface area contributed by atoms with E-state index in [1.165, 1.54) is 0 Å². The maximum Gasteiger partial charge on any atom is 0.341 e. The number of H-pyrrole nitrogens is 1. The summed E-state index contributed by atoms with van der Waals surface area (Å²) in [5.74, 6) is -0.981. The lowest BCUT2D eigenvalue weighted by Gasteiger charge is -2.11. The van der Waals surface area contributed by atoms with Crippen LogP contribution in [0.25, 0.3) is 0 Å². The number of carboxylic acid groups (broad SMARTS) is 1. The molecule has 27 heavy (non-hydrogen) atoms. The molecule has 0 unspecified atom stereocenters. The Morgan fingerprint density at radius 2 is 1.89 bits per heavy atom. The van der Waals surface area contributed by atoms with E-state index >= 15 is 0 Å². The van der Waals surface area contributed by atoms with Gasteiger partial charge >= 0.3 is 5.97 Å². The largest absolute Gasteiger partial charge is 0.482 e. The van der Waals surface area contributed by atoms with Gasteiger partial charge in [0.25, 0.3) is 11.5 Å². The molecule has 2 rings (SSSR count). The van der Waals surface area contributed by atoms with E-state index in [4.69, 9.17) is 9.84 Å². The second-order valence-electron chi connectivity index (χ2n) is 5.89. The number of aryl methyl sites for hydroxylation is 1. The van der Waals surface area contributed by atoms with Crippen LogP contribution in [-0.4, -0.2) is 40.3 Å². The van der Waals surface area contributed by atoms with E-state index < -0.39 is 24.0 Å². The van der Waals surface area contributed by atoms with Gasteiger partial charge in [-0.15, -0.1) is 0 Å². The predicted molar refractivity (Wildman–Crippen MR) is 99.2 cm³/mol. The lowest BCUT2D eigenvalue weighted by atomic mass is 10.0. The maximum absolute atomic E-state index is 12.5. The molecule has 0 atom stereocenters. The molecule has 1 amide bonds. The zero-order chi connectivity index (χ0) is 19.8. The Balaban J connectivity index is 1.97. The van der Waals surface area contributed by atoms with E-state index in [2.05, 4.69) is 15.5 Å². The normalized spacial score (nSPS) is 10.4. The van der Waals surface area contributed by atoms with Crippen LogP contribution in [0, 0.1) is 0 Å². The molecule has 0 spiro atoms. The fourth-order valence-electron chi connectivity index (χ4n) is 2.74. The van der Waals surface area contributed by atoms with Crippen molar-refractivity contribution in [3.05, 3.63) is 57.0 Å². The molecular formula is C19H23N3O5. The molecule has 1 heterocycles. The first kappa shape index (κ1) is 20.2. The summed E-state index contributed by atoms with van der Waals surface area (Å²) >= 11 is 0. The number of aliphatic carboxylic acids is 1. The van der Waals surface area contributed by atoms with Crippen LogP contribution in [-0.2, 0) is 24.1 Å². The first-order chi connectivity index (χ1) is 13.0. The van der Waals surface area contributed by atoms with E-state index in [9.17, 15) is 14.4 Å². The number of nitrogens with one attached hydrogen (secondary N) is 2. The monoisotopic (exact) mass is 373 g/mol. The third kappa shape index (κ3) is 5.40. The van der Waals surface area contributed by atoms with Gasteiger partial charge < -0.3 is 15.2 Å². The number of hydrogen-bond acceptors (Lipinski definition) is 5. The van der Waals surface area contributed by atoms with Crippen molar-refractivity contribution < 1.29 is 19.4 Å². The van der Waals surface area contributed by atoms with Gasteiger partial charge in [0, 0.05) is 6.54 Å². The Bertz CT molecular complexity index is 859. The number of aromatic nitrogens is 2. The molecular weight excluding hydrogens is 350 g/mol. The Morgan fingerprint density at radius 1 is 1.19 bits per heavy atom. The summed E-state index contributed by atoms with van der Waals surface area (Å²) in [5.41, 5.74) is 1.99. The van der Waals surface area contributed by atoms with Crippen molar-refractivity contribution in [2.24, 2.45) is 0 Å². The lowest BCUT2D eigenvalue weighted by Crippen LogP contribution is -2.33. The number of hydrogen-bond donors (Lipinski definition) is 3. The molecule has 0 aliphatic carbocycles. The summed E-state index contributed by atoms with van der Waals surface area (Å²) < 4.78 is 5.07. The van der Waals surface area contributed by atoms with Crippen LogP contribution in [0.15, 0.2) is 29.1 Å². The van der Waals surface area contributed by atoms with Gasteiger partial charge in [0.2, 0.25) is 0 Å². The minimum Gasteiger partial charge on any atom is -0.482 e. The van der Waals surface area contributed by atoms with Gasteiger partial charge in [-0.25, -0.2) is 9.89 Å². The standard InChI is InChI=1S/C19H23N3O5/c1-3-14-15(4-2)21-22-19(26)17(14)18(25)20-10-9-12-5-7-13(8-6-12)27-11-16(23)24/h5-8H,3-4,9-11H2,1-2H3,(H,20,25)(H,22,26)(H,23,24). The maximum atomic E-state index is 12.5. The molecule has 0 aliphatic heterocycles. The second-order valence-corrected chi connectivity index (χ2v) is 5.89. The third-order valence-electron chi connectivity index (χ3n) is 4.07. The molecule has 0 aliphatic rings. The molecule has 3 N–H and O–H groups in total. The van der Waals surface area contributed by atoms with Crippen molar-refractivity contribution in [2.75, 3.05) is 13.2 Å². The predicted octanol–water partition coefficient (Wildman–Crippen LogP) is 1.33. The summed E-state index contributed by atoms with van der Waals surface area (Å²) in [6.45, 7) is 3.78. The van der Waals surface area contributed by atoms with E-state index in [1.807, 2.05) is 13.8 Å². The quantitative estimate of drug-likeness (QED) is 0.610. The Hall–Kier alpha value is -3.16. The van der Waals surface area contributed by atoms with Gasteiger partial charge in [-0.3, -0.25) is 9.59 Å². The Morgan fingerprint density at radius 3 is 2.48 bits per heavy atom. The summed E-state index contributed by atoms with van der Waals surface area (Å²) in [6.07, 6.45) is 1.76. The minimum absolute atomic E-state index is 0.127. The van der Waals surface area contributed by atoms with Crippen molar-refractivity contribution in [3.63, 3.8) is 0 Å². The van der Waals surface area contributed by atoms with Crippen molar-refractivity contribution in [2.45, 2.75) is 33.1 Å². The summed E-state index contributed by atoms with van der Waals surface area (Å²) in [7, 11) is 0. The third-order valence-corrected chi connectivity index (χ3v) is 4.07. The number of carboxylic acids is 1. The van der Waals surface area contributed by atoms with E-state index in [0.717, 1.165) is 11.3 Å². The summed E-state index contributed by atoms with van der Waals surface area (Å²) in [5, 5.41) is 17.8. The highest BCUT2D eigenvalue weighted by molar-refractivity contribution is 5.95. The molecule has 2 aromatic rings. The summed E-state index contributed by atoms with van der Waals surface area (Å²) in [4.78, 5) is 35.0. The molecule has 144 valence electrons. The molecule has 8 nitrogen and oxygen atoms in total. The van der Waals surface area contributed by atoms with Gasteiger partial charge in [0.1, 0.15) is 11.3 Å². The van der Waals surface area contributed by atoms with Crippen LogP contribution in [0.2, 0.25) is 0 Å². The van der Waals surface area contributed by atoms with Crippen LogP contribution in [0.1, 0.15) is 41.0 Å². The van der Waals surface area contributed by atoms with E-state index in [-0.39, 0.29) is 5.56 Å². The molecule has 8 heteroatoms. The number of nitrogens with zero attached hydrogens (tertiary/aromatic N) is 1. The Kier molecular flexibility index (Phi) is 7.10. The zero-order valence-electron chi connectivity index (χ0n) is 15.4. The molecule has 0 saturated carbocycles. The van der Waals surface area contributed by atoms with Crippen molar-refractivity contribution >= 4 is 11.9 Å². The lowest BCUT2D eigenvalue weighted by molar-refractivity contribution is -0.139. The van der Waals surface area contributed by atoms with E-state index in [0.29, 0.717) is 37.1 Å². The van der Waals surface area contributed by atoms with Gasteiger partial charge in [-0.2, -0.15) is 5.10 Å². The molecule has 1 aromatic carbocycles. The number of carbonyl (C=O) groups is 2. The molecule has 0 fully saturated rings. The second kappa shape index (κ2) is 9.51. The van der Waals surface area contributed by atoms with Gasteiger partial charge in [-0.1, -0.05) is 26.0 Å². The van der Waals surface area contributed by atoms with Crippen LogP contribution in [0.3, 0.4) is 0 Å². The van der Waals surface area contributed by atoms with Crippen molar-refractivity contribution in [1.29, 1.82) is 0 Å². The molecule has 1 aromatic heterocycles. The van der Waals surface area contributed by atoms with E-state index in [1.54, 1.807) is 24.3 Å². The average Bonchev–Trinajstić information content (AvgIpc) is 2.66. The highest BCUT2D eigenvalue weighted by Crippen LogP contribution is 2.13. The van der Waals surface area contributed by atoms with Crippen molar-refractivity contribution in [3.8, 4) is 5.75 Å². The first-order valence-electron chi connectivity index (χ1n) is 8.78. The van der Waals surface area contributed by atoms with Crippen LogP contribution in [0.4, 0.5) is 0 Å². The van der Waals surface area contributed by atoms with Gasteiger partial charge in [0.05, 0.1) is 5.69 Å². The highest BCUT2D eigenvalue weighted by Gasteiger charge is 2.18. The number of carbonyl (C=O) groups excluding carboxylic acids is 1. The number of rotatable bonds is 9. The smallest absolute Gasteiger partial charge is 0.341 e. The number of benzene rings is 1. The number of amides is 1. The fourth-order valence-corrected chi connectivity index (χ4v) is 2.74. The summed E-state index contributed by atoms with van der Waals surface area (Å²) in [6, 6.07) is 6.96.